The average molecular weight is 421 g/mol. The summed E-state index contributed by atoms with van der Waals surface area (Å²) in [6.45, 7) is 1.48. The molecule has 2 fully saturated rings. The van der Waals surface area contributed by atoms with Crippen LogP contribution in [0.2, 0.25) is 0 Å². The molecule has 0 radical (unpaired) electrons. The number of fused-ring (bicyclic) bond motifs is 3. The summed E-state index contributed by atoms with van der Waals surface area (Å²) >= 11 is 0. The van der Waals surface area contributed by atoms with E-state index in [-0.39, 0.29) is 30.1 Å². The first-order chi connectivity index (χ1) is 15.0. The lowest BCUT2D eigenvalue weighted by atomic mass is 9.88. The molecule has 2 heterocycles. The zero-order valence-electron chi connectivity index (χ0n) is 17.5. The number of carboxylic acids is 1. The fraction of sp³-hybridized carbons (Fsp3) is 0.440. The standard InChI is InChI=1S/C25H27NO5/c27-23(28)15-17-9-10-25(31-17)11-13-26(14-12-25)24(29)30-16-22-20-7-3-1-5-18(20)19-6-2-4-8-21(19)22/h1-8,17,22H,9-16H2,(H,27,28). The Bertz CT molecular complexity index is 949. The Morgan fingerprint density at radius 2 is 1.61 bits per heavy atom. The minimum atomic E-state index is -0.821. The Kier molecular flexibility index (Phi) is 5.18. The van der Waals surface area contributed by atoms with Crippen molar-refractivity contribution in [1.82, 2.24) is 4.90 Å². The number of likely N-dealkylation sites (tertiary alicyclic amines) is 1. The van der Waals surface area contributed by atoms with Crippen molar-refractivity contribution in [2.45, 2.75) is 49.7 Å². The molecule has 31 heavy (non-hydrogen) atoms. The Morgan fingerprint density at radius 3 is 2.23 bits per heavy atom. The number of hydrogen-bond acceptors (Lipinski definition) is 4. The number of carbonyl (C=O) groups excluding carboxylic acids is 1. The number of piperidine rings is 1. The van der Waals surface area contributed by atoms with E-state index >= 15 is 0 Å². The van der Waals surface area contributed by atoms with E-state index in [0.29, 0.717) is 19.7 Å². The first-order valence-electron chi connectivity index (χ1n) is 11.0. The number of benzene rings is 2. The van der Waals surface area contributed by atoms with Crippen molar-refractivity contribution in [3.8, 4) is 11.1 Å². The fourth-order valence-corrected chi connectivity index (χ4v) is 5.38. The van der Waals surface area contributed by atoms with Gasteiger partial charge in [-0.3, -0.25) is 4.79 Å². The normalized spacial score (nSPS) is 21.7. The van der Waals surface area contributed by atoms with Gasteiger partial charge in [0.25, 0.3) is 0 Å². The van der Waals surface area contributed by atoms with Gasteiger partial charge >= 0.3 is 12.1 Å². The topological polar surface area (TPSA) is 76.1 Å². The first-order valence-corrected chi connectivity index (χ1v) is 11.0. The van der Waals surface area contributed by atoms with Gasteiger partial charge in [0.1, 0.15) is 6.61 Å². The molecule has 1 atom stereocenters. The van der Waals surface area contributed by atoms with Crippen LogP contribution in [0, 0.1) is 0 Å². The summed E-state index contributed by atoms with van der Waals surface area (Å²) in [4.78, 5) is 25.5. The molecule has 0 aromatic heterocycles. The second-order valence-electron chi connectivity index (χ2n) is 8.85. The maximum absolute atomic E-state index is 12.8. The number of carboxylic acid groups (broad SMARTS) is 1. The predicted molar refractivity (Wildman–Crippen MR) is 115 cm³/mol. The van der Waals surface area contributed by atoms with E-state index in [1.165, 1.54) is 22.3 Å². The van der Waals surface area contributed by atoms with E-state index in [4.69, 9.17) is 14.6 Å². The van der Waals surface area contributed by atoms with Crippen molar-refractivity contribution >= 4 is 12.1 Å². The van der Waals surface area contributed by atoms with Gasteiger partial charge in [0, 0.05) is 19.0 Å². The highest BCUT2D eigenvalue weighted by atomic mass is 16.6. The highest BCUT2D eigenvalue weighted by Crippen LogP contribution is 2.45. The number of ether oxygens (including phenoxy) is 2. The third-order valence-corrected chi connectivity index (χ3v) is 7.01. The van der Waals surface area contributed by atoms with Crippen molar-refractivity contribution in [2.75, 3.05) is 19.7 Å². The molecular weight excluding hydrogens is 394 g/mol. The van der Waals surface area contributed by atoms with Crippen LogP contribution in [0.4, 0.5) is 4.79 Å². The van der Waals surface area contributed by atoms with E-state index in [1.54, 1.807) is 4.90 Å². The minimum absolute atomic E-state index is 0.0534. The van der Waals surface area contributed by atoms with Crippen LogP contribution in [0.3, 0.4) is 0 Å². The highest BCUT2D eigenvalue weighted by Gasteiger charge is 2.44. The zero-order valence-corrected chi connectivity index (χ0v) is 17.5. The molecule has 3 aliphatic rings. The predicted octanol–water partition coefficient (Wildman–Crippen LogP) is 4.42. The number of aliphatic carboxylic acids is 1. The summed E-state index contributed by atoms with van der Waals surface area (Å²) in [6, 6.07) is 16.6. The summed E-state index contributed by atoms with van der Waals surface area (Å²) < 4.78 is 11.9. The van der Waals surface area contributed by atoms with Crippen LogP contribution in [-0.4, -0.2) is 53.5 Å². The van der Waals surface area contributed by atoms with Crippen molar-refractivity contribution < 1.29 is 24.2 Å². The third-order valence-electron chi connectivity index (χ3n) is 7.01. The Morgan fingerprint density at radius 1 is 1.00 bits per heavy atom. The molecule has 5 rings (SSSR count). The molecule has 6 heteroatoms. The molecule has 1 amide bonds. The lowest BCUT2D eigenvalue weighted by Crippen LogP contribution is -2.47. The zero-order chi connectivity index (χ0) is 21.4. The molecule has 162 valence electrons. The first kappa shape index (κ1) is 20.1. The van der Waals surface area contributed by atoms with Crippen LogP contribution < -0.4 is 0 Å². The molecule has 1 aliphatic carbocycles. The van der Waals surface area contributed by atoms with Gasteiger partial charge in [0.15, 0.2) is 0 Å². The number of hydrogen-bond donors (Lipinski definition) is 1. The Balaban J connectivity index is 1.19. The summed E-state index contributed by atoms with van der Waals surface area (Å²) in [5, 5.41) is 9.00. The molecule has 2 saturated heterocycles. The van der Waals surface area contributed by atoms with Gasteiger partial charge in [-0.25, -0.2) is 4.79 Å². The average Bonchev–Trinajstić information content (AvgIpc) is 3.31. The monoisotopic (exact) mass is 421 g/mol. The molecular formula is C25H27NO5. The van der Waals surface area contributed by atoms with Crippen LogP contribution in [0.25, 0.3) is 11.1 Å². The lowest BCUT2D eigenvalue weighted by molar-refractivity contribution is -0.142. The molecule has 6 nitrogen and oxygen atoms in total. The number of amides is 1. The summed E-state index contributed by atoms with van der Waals surface area (Å²) in [7, 11) is 0. The van der Waals surface area contributed by atoms with Crippen LogP contribution in [0.15, 0.2) is 48.5 Å². The molecule has 1 spiro atoms. The second-order valence-corrected chi connectivity index (χ2v) is 8.85. The van der Waals surface area contributed by atoms with Crippen LogP contribution >= 0.6 is 0 Å². The highest BCUT2D eigenvalue weighted by molar-refractivity contribution is 5.79. The minimum Gasteiger partial charge on any atom is -0.481 e. The fourth-order valence-electron chi connectivity index (χ4n) is 5.38. The maximum atomic E-state index is 12.8. The quantitative estimate of drug-likeness (QED) is 0.791. The lowest BCUT2D eigenvalue weighted by Gasteiger charge is -2.38. The molecule has 1 unspecified atom stereocenters. The van der Waals surface area contributed by atoms with E-state index in [0.717, 1.165) is 25.7 Å². The van der Waals surface area contributed by atoms with Crippen molar-refractivity contribution in [2.24, 2.45) is 0 Å². The second kappa shape index (κ2) is 8.00. The molecule has 0 saturated carbocycles. The van der Waals surface area contributed by atoms with E-state index in [2.05, 4.69) is 24.3 Å². The largest absolute Gasteiger partial charge is 0.481 e. The SMILES string of the molecule is O=C(O)CC1CCC2(CCN(C(=O)OCC3c4ccccc4-c4ccccc43)CC2)O1. The van der Waals surface area contributed by atoms with Crippen molar-refractivity contribution in [1.29, 1.82) is 0 Å². The van der Waals surface area contributed by atoms with Gasteiger partial charge in [-0.2, -0.15) is 0 Å². The van der Waals surface area contributed by atoms with Crippen LogP contribution in [0.1, 0.15) is 49.1 Å². The van der Waals surface area contributed by atoms with Gasteiger partial charge in [0.2, 0.25) is 0 Å². The maximum Gasteiger partial charge on any atom is 0.409 e. The molecule has 2 aliphatic heterocycles. The van der Waals surface area contributed by atoms with Crippen LogP contribution in [0.5, 0.6) is 0 Å². The summed E-state index contributed by atoms with van der Waals surface area (Å²) in [6.07, 6.45) is 2.66. The van der Waals surface area contributed by atoms with Gasteiger partial charge in [-0.15, -0.1) is 0 Å². The van der Waals surface area contributed by atoms with Gasteiger partial charge < -0.3 is 19.5 Å². The molecule has 0 bridgehead atoms. The van der Waals surface area contributed by atoms with Gasteiger partial charge in [-0.05, 0) is 47.9 Å². The van der Waals surface area contributed by atoms with E-state index in [9.17, 15) is 9.59 Å². The summed E-state index contributed by atoms with van der Waals surface area (Å²) in [5.74, 6) is -0.763. The summed E-state index contributed by atoms with van der Waals surface area (Å²) in [5.41, 5.74) is 4.57. The smallest absolute Gasteiger partial charge is 0.409 e. The van der Waals surface area contributed by atoms with Crippen molar-refractivity contribution in [3.63, 3.8) is 0 Å². The number of carbonyl (C=O) groups is 2. The number of nitrogens with zero attached hydrogens (tertiary/aromatic N) is 1. The van der Waals surface area contributed by atoms with Gasteiger partial charge in [0.05, 0.1) is 18.1 Å². The third kappa shape index (κ3) is 3.81. The number of rotatable bonds is 4. The van der Waals surface area contributed by atoms with Crippen LogP contribution in [-0.2, 0) is 14.3 Å². The van der Waals surface area contributed by atoms with E-state index in [1.807, 2.05) is 24.3 Å². The van der Waals surface area contributed by atoms with Gasteiger partial charge in [-0.1, -0.05) is 48.5 Å². The van der Waals surface area contributed by atoms with Crippen molar-refractivity contribution in [3.05, 3.63) is 59.7 Å². The molecule has 2 aromatic rings. The Labute approximate surface area is 181 Å². The molecule has 1 N–H and O–H groups in total. The Hall–Kier alpha value is -2.86. The molecule has 2 aromatic carbocycles. The van der Waals surface area contributed by atoms with E-state index < -0.39 is 5.97 Å².